The molecule has 2 aromatic heterocycles. The lowest BCUT2D eigenvalue weighted by Gasteiger charge is -2.61. The summed E-state index contributed by atoms with van der Waals surface area (Å²) >= 11 is 6.78. The zero-order valence-corrected chi connectivity index (χ0v) is 21.8. The first-order chi connectivity index (χ1) is 15.7. The fourth-order valence-corrected chi connectivity index (χ4v) is 7.80. The Bertz CT molecular complexity index is 1060. The summed E-state index contributed by atoms with van der Waals surface area (Å²) in [5, 5.41) is 23.3. The van der Waals surface area contributed by atoms with Crippen LogP contribution in [0.1, 0.15) is 57.1 Å². The van der Waals surface area contributed by atoms with E-state index in [1.165, 1.54) is 6.42 Å². The van der Waals surface area contributed by atoms with E-state index in [2.05, 4.69) is 47.4 Å². The van der Waals surface area contributed by atoms with Crippen LogP contribution in [0, 0.1) is 34.3 Å². The van der Waals surface area contributed by atoms with Crippen molar-refractivity contribution in [3.05, 3.63) is 37.1 Å². The molecule has 1 N–H and O–H groups in total. The molecule has 2 unspecified atom stereocenters. The maximum absolute atomic E-state index is 12.9. The first kappa shape index (κ1) is 23.0. The molecule has 4 saturated carbocycles. The third-order valence-electron chi connectivity index (χ3n) is 7.77. The third-order valence-corrected chi connectivity index (χ3v) is 9.11. The van der Waals surface area contributed by atoms with Gasteiger partial charge in [0.15, 0.2) is 0 Å². The topological polar surface area (TPSA) is 108 Å². The number of carbonyl (C=O) groups is 1. The molecular formula is C22H28Br2N6O3. The Balaban J connectivity index is 1.23. The molecule has 178 valence electrons. The van der Waals surface area contributed by atoms with Gasteiger partial charge >= 0.3 is 5.82 Å². The molecule has 0 spiro atoms. The van der Waals surface area contributed by atoms with Gasteiger partial charge in [0, 0.05) is 25.7 Å². The predicted octanol–water partition coefficient (Wildman–Crippen LogP) is 4.71. The summed E-state index contributed by atoms with van der Waals surface area (Å²) in [5.41, 5.74) is 0.710. The number of aromatic nitrogens is 4. The molecule has 4 bridgehead atoms. The van der Waals surface area contributed by atoms with E-state index in [9.17, 15) is 14.9 Å². The Labute approximate surface area is 209 Å². The smallest absolute Gasteiger partial charge is 0.358 e. The maximum Gasteiger partial charge on any atom is 0.404 e. The number of nitrogens with zero attached hydrogens (tertiary/aromatic N) is 5. The van der Waals surface area contributed by atoms with Gasteiger partial charge in [-0.15, -0.1) is 0 Å². The van der Waals surface area contributed by atoms with Crippen LogP contribution < -0.4 is 5.32 Å². The molecule has 1 amide bonds. The lowest BCUT2D eigenvalue weighted by molar-refractivity contribution is -0.390. The minimum atomic E-state index is -0.437. The predicted molar refractivity (Wildman–Crippen MR) is 129 cm³/mol. The van der Waals surface area contributed by atoms with Crippen molar-refractivity contribution in [3.63, 3.8) is 0 Å². The zero-order chi connectivity index (χ0) is 23.4. The molecular weight excluding hydrogens is 556 g/mol. The number of hydrogen-bond donors (Lipinski definition) is 1. The van der Waals surface area contributed by atoms with Crippen molar-refractivity contribution in [2.45, 2.75) is 70.4 Å². The lowest BCUT2D eigenvalue weighted by atomic mass is 9.46. The molecule has 0 aliphatic heterocycles. The molecule has 2 aromatic rings. The van der Waals surface area contributed by atoms with Crippen LogP contribution in [-0.2, 0) is 16.9 Å². The average Bonchev–Trinajstić information content (AvgIpc) is 3.26. The SMILES string of the molecule is Cc1nn(CCCNC(=O)CC23CC4CC(C2)CC(n2cc(Br)c([N+](=O)[O-])n2)(C4)C3)cc1Br. The number of aryl methyl sites for hydroxylation is 2. The fraction of sp³-hybridized carbons (Fsp3) is 0.682. The van der Waals surface area contributed by atoms with Gasteiger partial charge in [-0.3, -0.25) is 9.48 Å². The van der Waals surface area contributed by atoms with Gasteiger partial charge in [-0.25, -0.2) is 0 Å². The average molecular weight is 584 g/mol. The highest BCUT2D eigenvalue weighted by Gasteiger charge is 2.60. The molecule has 0 saturated heterocycles. The standard InChI is InChI=1S/C22H28Br2N6O3/c1-14-17(23)11-28(26-14)4-2-3-25-19(31)10-21-6-15-5-16(7-21)9-22(8-15,13-21)29-12-18(24)20(27-29)30(32)33/h11-12,15-16H,2-10,13H2,1H3,(H,25,31). The first-order valence-corrected chi connectivity index (χ1v) is 13.1. The van der Waals surface area contributed by atoms with Gasteiger partial charge < -0.3 is 15.4 Å². The second-order valence-corrected chi connectivity index (χ2v) is 12.1. The van der Waals surface area contributed by atoms with Gasteiger partial charge in [-0.2, -0.15) is 9.78 Å². The summed E-state index contributed by atoms with van der Waals surface area (Å²) in [7, 11) is 0. The van der Waals surface area contributed by atoms with Crippen molar-refractivity contribution < 1.29 is 9.72 Å². The van der Waals surface area contributed by atoms with Crippen molar-refractivity contribution >= 4 is 43.6 Å². The molecule has 11 heteroatoms. The lowest BCUT2D eigenvalue weighted by Crippen LogP contribution is -2.57. The quantitative estimate of drug-likeness (QED) is 0.275. The van der Waals surface area contributed by atoms with Gasteiger partial charge in [-0.1, -0.05) is 0 Å². The Morgan fingerprint density at radius 2 is 1.94 bits per heavy atom. The van der Waals surface area contributed by atoms with Crippen LogP contribution in [0.2, 0.25) is 0 Å². The van der Waals surface area contributed by atoms with Crippen LogP contribution in [-0.4, -0.2) is 36.9 Å². The van der Waals surface area contributed by atoms with E-state index in [1.807, 2.05) is 22.5 Å². The highest BCUT2D eigenvalue weighted by molar-refractivity contribution is 9.10. The van der Waals surface area contributed by atoms with Gasteiger partial charge in [0.1, 0.15) is 4.47 Å². The van der Waals surface area contributed by atoms with Crippen LogP contribution in [0.5, 0.6) is 0 Å². The third kappa shape index (κ3) is 4.38. The Kier molecular flexibility index (Phi) is 5.91. The van der Waals surface area contributed by atoms with Crippen molar-refractivity contribution in [3.8, 4) is 0 Å². The molecule has 9 nitrogen and oxygen atoms in total. The Morgan fingerprint density at radius 1 is 1.21 bits per heavy atom. The molecule has 4 fully saturated rings. The minimum absolute atomic E-state index is 0.0364. The highest BCUT2D eigenvalue weighted by Crippen LogP contribution is 2.65. The van der Waals surface area contributed by atoms with E-state index in [4.69, 9.17) is 0 Å². The van der Waals surface area contributed by atoms with Crippen LogP contribution in [0.25, 0.3) is 0 Å². The summed E-state index contributed by atoms with van der Waals surface area (Å²) in [4.78, 5) is 23.8. The summed E-state index contributed by atoms with van der Waals surface area (Å²) in [6.45, 7) is 3.35. The van der Waals surface area contributed by atoms with E-state index in [-0.39, 0.29) is 22.7 Å². The van der Waals surface area contributed by atoms with E-state index < -0.39 is 4.92 Å². The normalized spacial score (nSPS) is 30.0. The van der Waals surface area contributed by atoms with E-state index >= 15 is 0 Å². The summed E-state index contributed by atoms with van der Waals surface area (Å²) in [5.74, 6) is 1.10. The van der Waals surface area contributed by atoms with E-state index in [0.29, 0.717) is 29.3 Å². The Morgan fingerprint density at radius 3 is 2.55 bits per heavy atom. The van der Waals surface area contributed by atoms with Crippen LogP contribution in [0.3, 0.4) is 0 Å². The van der Waals surface area contributed by atoms with Crippen LogP contribution >= 0.6 is 31.9 Å². The van der Waals surface area contributed by atoms with Crippen molar-refractivity contribution in [1.82, 2.24) is 24.9 Å². The van der Waals surface area contributed by atoms with Gasteiger partial charge in [0.25, 0.3) is 0 Å². The molecule has 2 heterocycles. The molecule has 33 heavy (non-hydrogen) atoms. The van der Waals surface area contributed by atoms with Crippen molar-refractivity contribution in [2.75, 3.05) is 6.54 Å². The second kappa shape index (κ2) is 8.48. The summed E-state index contributed by atoms with van der Waals surface area (Å²) in [6, 6.07) is 0. The van der Waals surface area contributed by atoms with Crippen LogP contribution in [0.4, 0.5) is 5.82 Å². The molecule has 6 rings (SSSR count). The van der Waals surface area contributed by atoms with Crippen LogP contribution in [0.15, 0.2) is 21.3 Å². The van der Waals surface area contributed by atoms with E-state index in [0.717, 1.165) is 55.2 Å². The number of hydrogen-bond acceptors (Lipinski definition) is 5. The van der Waals surface area contributed by atoms with Crippen molar-refractivity contribution in [2.24, 2.45) is 17.3 Å². The fourth-order valence-electron chi connectivity index (χ4n) is 7.07. The molecule has 0 aromatic carbocycles. The second-order valence-electron chi connectivity index (χ2n) is 10.4. The summed E-state index contributed by atoms with van der Waals surface area (Å²) < 4.78 is 5.17. The number of amides is 1. The highest BCUT2D eigenvalue weighted by atomic mass is 79.9. The molecule has 0 radical (unpaired) electrons. The number of halogens is 2. The zero-order valence-electron chi connectivity index (χ0n) is 18.6. The van der Waals surface area contributed by atoms with Gasteiger partial charge in [0.05, 0.1) is 27.0 Å². The Hall–Kier alpha value is -1.75. The first-order valence-electron chi connectivity index (χ1n) is 11.5. The minimum Gasteiger partial charge on any atom is -0.358 e. The number of carbonyl (C=O) groups excluding carboxylic acids is 1. The monoisotopic (exact) mass is 582 g/mol. The largest absolute Gasteiger partial charge is 0.404 e. The molecule has 4 aliphatic rings. The molecule has 4 aliphatic carbocycles. The number of rotatable bonds is 8. The van der Waals surface area contributed by atoms with Gasteiger partial charge in [0.2, 0.25) is 5.91 Å². The van der Waals surface area contributed by atoms with E-state index in [1.54, 1.807) is 6.20 Å². The molecule has 2 atom stereocenters. The maximum atomic E-state index is 12.9. The summed E-state index contributed by atoms with van der Waals surface area (Å²) in [6.07, 6.45) is 11.3. The van der Waals surface area contributed by atoms with Crippen molar-refractivity contribution in [1.29, 1.82) is 0 Å². The number of nitrogens with one attached hydrogen (secondary N) is 1. The van der Waals surface area contributed by atoms with Gasteiger partial charge in [-0.05, 0) is 106 Å². The number of nitro groups is 1.